The van der Waals surface area contributed by atoms with Gasteiger partial charge in [0.2, 0.25) is 11.8 Å². The third-order valence-electron chi connectivity index (χ3n) is 4.22. The van der Waals surface area contributed by atoms with Crippen molar-refractivity contribution < 1.29 is 14.0 Å². The number of hydrogen-bond acceptors (Lipinski definition) is 2. The summed E-state index contributed by atoms with van der Waals surface area (Å²) in [6.07, 6.45) is 0.979. The molecule has 2 rings (SSSR count). The van der Waals surface area contributed by atoms with E-state index in [-0.39, 0.29) is 17.6 Å². The molecule has 0 bridgehead atoms. The lowest BCUT2D eigenvalue weighted by Gasteiger charge is -2.21. The van der Waals surface area contributed by atoms with Crippen molar-refractivity contribution >= 4 is 11.8 Å². The molecule has 0 aliphatic heterocycles. The Balaban J connectivity index is 1.75. The average molecular weight is 356 g/mol. The van der Waals surface area contributed by atoms with Gasteiger partial charge in [-0.15, -0.1) is 0 Å². The van der Waals surface area contributed by atoms with Crippen molar-refractivity contribution in [1.82, 2.24) is 10.2 Å². The second-order valence-corrected chi connectivity index (χ2v) is 6.39. The van der Waals surface area contributed by atoms with Crippen molar-refractivity contribution in [3.63, 3.8) is 0 Å². The molecule has 2 amide bonds. The van der Waals surface area contributed by atoms with E-state index in [1.165, 1.54) is 19.1 Å². The third-order valence-corrected chi connectivity index (χ3v) is 4.22. The molecule has 5 heteroatoms. The van der Waals surface area contributed by atoms with Crippen molar-refractivity contribution in [3.8, 4) is 0 Å². The lowest BCUT2D eigenvalue weighted by molar-refractivity contribution is -0.129. The SMILES string of the molecule is CC(=O)N(CCNC(=O)Cc1ccc(C)cc1)CCc1ccc(F)cc1. The van der Waals surface area contributed by atoms with Crippen LogP contribution >= 0.6 is 0 Å². The molecule has 0 unspecified atom stereocenters. The van der Waals surface area contributed by atoms with Gasteiger partial charge in [0, 0.05) is 26.6 Å². The molecule has 0 aliphatic carbocycles. The summed E-state index contributed by atoms with van der Waals surface area (Å²) in [6, 6.07) is 14.1. The number of nitrogens with zero attached hydrogens (tertiary/aromatic N) is 1. The molecule has 1 N–H and O–H groups in total. The first-order valence-corrected chi connectivity index (χ1v) is 8.76. The van der Waals surface area contributed by atoms with E-state index in [0.29, 0.717) is 32.5 Å². The van der Waals surface area contributed by atoms with E-state index >= 15 is 0 Å². The van der Waals surface area contributed by atoms with Gasteiger partial charge in [-0.05, 0) is 36.6 Å². The average Bonchev–Trinajstić information content (AvgIpc) is 2.61. The summed E-state index contributed by atoms with van der Waals surface area (Å²) < 4.78 is 12.9. The second kappa shape index (κ2) is 9.70. The van der Waals surface area contributed by atoms with Crippen LogP contribution in [0.3, 0.4) is 0 Å². The Kier molecular flexibility index (Phi) is 7.33. The zero-order valence-electron chi connectivity index (χ0n) is 15.3. The van der Waals surface area contributed by atoms with Crippen LogP contribution in [0.1, 0.15) is 23.6 Å². The molecule has 0 spiro atoms. The third kappa shape index (κ3) is 6.67. The molecule has 0 aliphatic rings. The minimum atomic E-state index is -0.270. The number of carbonyl (C=O) groups excluding carboxylic acids is 2. The minimum absolute atomic E-state index is 0.0418. The molecule has 0 heterocycles. The predicted octanol–water partition coefficient (Wildman–Crippen LogP) is 2.88. The highest BCUT2D eigenvalue weighted by atomic mass is 19.1. The highest BCUT2D eigenvalue weighted by Crippen LogP contribution is 2.05. The molecule has 0 saturated heterocycles. The molecule has 0 aromatic heterocycles. The van der Waals surface area contributed by atoms with Crippen LogP contribution in [-0.2, 0) is 22.4 Å². The van der Waals surface area contributed by atoms with E-state index in [4.69, 9.17) is 0 Å². The molecule has 26 heavy (non-hydrogen) atoms. The Morgan fingerprint density at radius 2 is 1.58 bits per heavy atom. The minimum Gasteiger partial charge on any atom is -0.354 e. The maximum atomic E-state index is 12.9. The van der Waals surface area contributed by atoms with E-state index in [2.05, 4.69) is 5.32 Å². The fourth-order valence-corrected chi connectivity index (χ4v) is 2.63. The van der Waals surface area contributed by atoms with E-state index in [1.807, 2.05) is 31.2 Å². The van der Waals surface area contributed by atoms with Gasteiger partial charge < -0.3 is 10.2 Å². The second-order valence-electron chi connectivity index (χ2n) is 6.39. The maximum Gasteiger partial charge on any atom is 0.224 e. The van der Waals surface area contributed by atoms with Gasteiger partial charge in [0.1, 0.15) is 5.82 Å². The van der Waals surface area contributed by atoms with E-state index in [0.717, 1.165) is 16.7 Å². The van der Waals surface area contributed by atoms with E-state index in [9.17, 15) is 14.0 Å². The van der Waals surface area contributed by atoms with Crippen LogP contribution in [0.15, 0.2) is 48.5 Å². The van der Waals surface area contributed by atoms with Gasteiger partial charge in [-0.25, -0.2) is 4.39 Å². The Bertz CT molecular complexity index is 727. The number of amides is 2. The number of aryl methyl sites for hydroxylation is 1. The van der Waals surface area contributed by atoms with Gasteiger partial charge >= 0.3 is 0 Å². The zero-order chi connectivity index (χ0) is 18.9. The van der Waals surface area contributed by atoms with Crippen molar-refractivity contribution in [2.24, 2.45) is 0 Å². The first kappa shape index (κ1) is 19.6. The summed E-state index contributed by atoms with van der Waals surface area (Å²) in [7, 11) is 0. The predicted molar refractivity (Wildman–Crippen MR) is 100 cm³/mol. The topological polar surface area (TPSA) is 49.4 Å². The monoisotopic (exact) mass is 356 g/mol. The summed E-state index contributed by atoms with van der Waals surface area (Å²) >= 11 is 0. The van der Waals surface area contributed by atoms with E-state index in [1.54, 1.807) is 17.0 Å². The number of hydrogen-bond donors (Lipinski definition) is 1. The van der Waals surface area contributed by atoms with Crippen LogP contribution < -0.4 is 5.32 Å². The van der Waals surface area contributed by atoms with Crippen LogP contribution in [-0.4, -0.2) is 36.3 Å². The van der Waals surface area contributed by atoms with Gasteiger partial charge in [-0.3, -0.25) is 9.59 Å². The fraction of sp³-hybridized carbons (Fsp3) is 0.333. The standard InChI is InChI=1S/C21H25FN2O2/c1-16-3-5-19(6-4-16)15-21(26)23-12-14-24(17(2)25)13-11-18-7-9-20(22)10-8-18/h3-10H,11-15H2,1-2H3,(H,23,26). The summed E-state index contributed by atoms with van der Waals surface area (Å²) in [6.45, 7) is 4.92. The molecule has 0 radical (unpaired) electrons. The van der Waals surface area contributed by atoms with Gasteiger partial charge in [-0.1, -0.05) is 42.0 Å². The Hall–Kier alpha value is -2.69. The molecule has 4 nitrogen and oxygen atoms in total. The van der Waals surface area contributed by atoms with Crippen LogP contribution in [0.5, 0.6) is 0 Å². The summed E-state index contributed by atoms with van der Waals surface area (Å²) in [5, 5.41) is 2.85. The fourth-order valence-electron chi connectivity index (χ4n) is 2.63. The Morgan fingerprint density at radius 1 is 0.962 bits per heavy atom. The molecular formula is C21H25FN2O2. The molecule has 2 aromatic rings. The number of halogens is 1. The number of benzene rings is 2. The van der Waals surface area contributed by atoms with Gasteiger partial charge in [0.25, 0.3) is 0 Å². The van der Waals surface area contributed by atoms with Crippen molar-refractivity contribution in [3.05, 3.63) is 71.0 Å². The highest BCUT2D eigenvalue weighted by Gasteiger charge is 2.10. The first-order valence-electron chi connectivity index (χ1n) is 8.76. The Labute approximate surface area is 154 Å². The normalized spacial score (nSPS) is 10.4. The lowest BCUT2D eigenvalue weighted by Crippen LogP contribution is -2.39. The zero-order valence-corrected chi connectivity index (χ0v) is 15.3. The smallest absolute Gasteiger partial charge is 0.224 e. The van der Waals surface area contributed by atoms with Gasteiger partial charge in [-0.2, -0.15) is 0 Å². The quantitative estimate of drug-likeness (QED) is 0.791. The lowest BCUT2D eigenvalue weighted by atomic mass is 10.1. The van der Waals surface area contributed by atoms with E-state index < -0.39 is 0 Å². The molecule has 0 atom stereocenters. The highest BCUT2D eigenvalue weighted by molar-refractivity contribution is 5.78. The van der Waals surface area contributed by atoms with Crippen molar-refractivity contribution in [2.75, 3.05) is 19.6 Å². The van der Waals surface area contributed by atoms with Crippen molar-refractivity contribution in [2.45, 2.75) is 26.7 Å². The maximum absolute atomic E-state index is 12.9. The Morgan fingerprint density at radius 3 is 2.19 bits per heavy atom. The summed E-state index contributed by atoms with van der Waals surface area (Å²) in [5.41, 5.74) is 3.10. The van der Waals surface area contributed by atoms with Crippen LogP contribution in [0, 0.1) is 12.7 Å². The molecule has 0 saturated carbocycles. The van der Waals surface area contributed by atoms with Gasteiger partial charge in [0.15, 0.2) is 0 Å². The number of nitrogens with one attached hydrogen (secondary N) is 1. The molecule has 138 valence electrons. The summed E-state index contributed by atoms with van der Waals surface area (Å²) in [5.74, 6) is -0.371. The number of carbonyl (C=O) groups is 2. The summed E-state index contributed by atoms with van der Waals surface area (Å²) in [4.78, 5) is 25.5. The van der Waals surface area contributed by atoms with Crippen LogP contribution in [0.4, 0.5) is 4.39 Å². The molecule has 2 aromatic carbocycles. The molecule has 0 fully saturated rings. The first-order chi connectivity index (χ1) is 12.4. The van der Waals surface area contributed by atoms with Crippen molar-refractivity contribution in [1.29, 1.82) is 0 Å². The van der Waals surface area contributed by atoms with Crippen LogP contribution in [0.25, 0.3) is 0 Å². The molecular weight excluding hydrogens is 331 g/mol. The van der Waals surface area contributed by atoms with Crippen LogP contribution in [0.2, 0.25) is 0 Å². The number of rotatable bonds is 8. The van der Waals surface area contributed by atoms with Gasteiger partial charge in [0.05, 0.1) is 6.42 Å². The largest absolute Gasteiger partial charge is 0.354 e.